The molecule has 0 radical (unpaired) electrons. The van der Waals surface area contributed by atoms with E-state index in [9.17, 15) is 9.59 Å². The Hall–Kier alpha value is -3.28. The van der Waals surface area contributed by atoms with Gasteiger partial charge in [-0.05, 0) is 48.0 Å². The van der Waals surface area contributed by atoms with Crippen LogP contribution in [0.5, 0.6) is 11.5 Å². The van der Waals surface area contributed by atoms with Crippen LogP contribution in [0.1, 0.15) is 15.9 Å². The lowest BCUT2D eigenvalue weighted by molar-refractivity contribution is -0.111. The molecule has 0 fully saturated rings. The maximum absolute atomic E-state index is 11.9. The van der Waals surface area contributed by atoms with Crippen molar-refractivity contribution in [1.82, 2.24) is 0 Å². The molecule has 3 N–H and O–H groups in total. The van der Waals surface area contributed by atoms with Gasteiger partial charge in [0.2, 0.25) is 11.8 Å². The number of anilines is 1. The summed E-state index contributed by atoms with van der Waals surface area (Å²) in [5.41, 5.74) is 6.97. The number of rotatable bonds is 4. The average Bonchev–Trinajstić information content (AvgIpc) is 2.60. The standard InChI is InChI=1S/C18H16N2O4/c19-18(22)13-3-5-14(6-4-13)20-17(21)8-2-12-1-7-15-16(11-12)24-10-9-23-15/h1-8,11H,9-10H2,(H2,19,22)(H,20,21)/b8-2+. The summed E-state index contributed by atoms with van der Waals surface area (Å²) in [5.74, 6) is 0.589. The summed E-state index contributed by atoms with van der Waals surface area (Å²) < 4.78 is 10.9. The number of hydrogen-bond acceptors (Lipinski definition) is 4. The molecule has 0 unspecified atom stereocenters. The number of amides is 2. The average molecular weight is 324 g/mol. The summed E-state index contributed by atoms with van der Waals surface area (Å²) in [7, 11) is 0. The van der Waals surface area contributed by atoms with Crippen LogP contribution >= 0.6 is 0 Å². The van der Waals surface area contributed by atoms with Gasteiger partial charge in [0.25, 0.3) is 0 Å². The van der Waals surface area contributed by atoms with Crippen molar-refractivity contribution in [3.05, 3.63) is 59.7 Å². The van der Waals surface area contributed by atoms with Crippen molar-refractivity contribution in [1.29, 1.82) is 0 Å². The smallest absolute Gasteiger partial charge is 0.248 e. The predicted molar refractivity (Wildman–Crippen MR) is 90.1 cm³/mol. The second kappa shape index (κ2) is 6.87. The van der Waals surface area contributed by atoms with Gasteiger partial charge in [-0.15, -0.1) is 0 Å². The summed E-state index contributed by atoms with van der Waals surface area (Å²) in [4.78, 5) is 22.9. The maximum Gasteiger partial charge on any atom is 0.248 e. The van der Waals surface area contributed by atoms with Crippen LogP contribution in [-0.2, 0) is 4.79 Å². The van der Waals surface area contributed by atoms with E-state index in [-0.39, 0.29) is 5.91 Å². The van der Waals surface area contributed by atoms with Gasteiger partial charge in [0, 0.05) is 17.3 Å². The second-order valence-corrected chi connectivity index (χ2v) is 5.17. The topological polar surface area (TPSA) is 90.7 Å². The number of nitrogens with two attached hydrogens (primary N) is 1. The summed E-state index contributed by atoms with van der Waals surface area (Å²) in [6, 6.07) is 11.8. The number of hydrogen-bond donors (Lipinski definition) is 2. The van der Waals surface area contributed by atoms with Crippen molar-refractivity contribution in [2.75, 3.05) is 18.5 Å². The first-order chi connectivity index (χ1) is 11.6. The highest BCUT2D eigenvalue weighted by molar-refractivity contribution is 6.02. The molecule has 1 aliphatic heterocycles. The number of fused-ring (bicyclic) bond motifs is 1. The molecule has 2 aromatic carbocycles. The molecule has 0 atom stereocenters. The van der Waals surface area contributed by atoms with Crippen molar-refractivity contribution in [3.8, 4) is 11.5 Å². The van der Waals surface area contributed by atoms with Crippen LogP contribution < -0.4 is 20.5 Å². The van der Waals surface area contributed by atoms with Gasteiger partial charge in [0.05, 0.1) is 0 Å². The van der Waals surface area contributed by atoms with Crippen molar-refractivity contribution in [2.45, 2.75) is 0 Å². The van der Waals surface area contributed by atoms with E-state index >= 15 is 0 Å². The van der Waals surface area contributed by atoms with Crippen molar-refractivity contribution >= 4 is 23.6 Å². The van der Waals surface area contributed by atoms with Crippen LogP contribution in [0, 0.1) is 0 Å². The van der Waals surface area contributed by atoms with Gasteiger partial charge < -0.3 is 20.5 Å². The van der Waals surface area contributed by atoms with Crippen LogP contribution in [0.2, 0.25) is 0 Å². The van der Waals surface area contributed by atoms with E-state index in [4.69, 9.17) is 15.2 Å². The fourth-order valence-corrected chi connectivity index (χ4v) is 2.24. The molecular weight excluding hydrogens is 308 g/mol. The van der Waals surface area contributed by atoms with E-state index in [2.05, 4.69) is 5.32 Å². The Labute approximate surface area is 138 Å². The zero-order chi connectivity index (χ0) is 16.9. The quantitative estimate of drug-likeness (QED) is 0.844. The molecule has 0 saturated heterocycles. The molecule has 0 aliphatic carbocycles. The summed E-state index contributed by atoms with van der Waals surface area (Å²) in [6.07, 6.45) is 3.11. The highest BCUT2D eigenvalue weighted by Crippen LogP contribution is 2.31. The van der Waals surface area contributed by atoms with E-state index in [1.54, 1.807) is 30.3 Å². The maximum atomic E-state index is 11.9. The van der Waals surface area contributed by atoms with Gasteiger partial charge in [-0.1, -0.05) is 6.07 Å². The third-order valence-corrected chi connectivity index (χ3v) is 3.43. The largest absolute Gasteiger partial charge is 0.486 e. The lowest BCUT2D eigenvalue weighted by Crippen LogP contribution is -2.15. The molecule has 2 amide bonds. The normalized spacial score (nSPS) is 12.8. The molecule has 6 heteroatoms. The highest BCUT2D eigenvalue weighted by Gasteiger charge is 2.10. The third kappa shape index (κ3) is 3.73. The zero-order valence-electron chi connectivity index (χ0n) is 12.8. The monoisotopic (exact) mass is 324 g/mol. The predicted octanol–water partition coefficient (Wildman–Crippen LogP) is 2.21. The Morgan fingerprint density at radius 1 is 1.00 bits per heavy atom. The molecule has 3 rings (SSSR count). The molecule has 6 nitrogen and oxygen atoms in total. The van der Waals surface area contributed by atoms with Gasteiger partial charge in [-0.25, -0.2) is 0 Å². The summed E-state index contributed by atoms with van der Waals surface area (Å²) >= 11 is 0. The molecule has 0 saturated carbocycles. The number of ether oxygens (including phenoxy) is 2. The fraction of sp³-hybridized carbons (Fsp3) is 0.111. The Morgan fingerprint density at radius 2 is 1.71 bits per heavy atom. The van der Waals surface area contributed by atoms with Gasteiger partial charge in [0.15, 0.2) is 11.5 Å². The van der Waals surface area contributed by atoms with Crippen LogP contribution in [0.3, 0.4) is 0 Å². The molecule has 122 valence electrons. The van der Waals surface area contributed by atoms with Gasteiger partial charge >= 0.3 is 0 Å². The molecule has 0 spiro atoms. The first-order valence-corrected chi connectivity index (χ1v) is 7.40. The van der Waals surface area contributed by atoms with E-state index in [1.165, 1.54) is 6.08 Å². The Balaban J connectivity index is 1.63. The minimum absolute atomic E-state index is 0.281. The molecule has 1 aliphatic rings. The molecule has 0 aromatic heterocycles. The lowest BCUT2D eigenvalue weighted by atomic mass is 10.1. The zero-order valence-corrected chi connectivity index (χ0v) is 12.8. The first kappa shape index (κ1) is 15.6. The van der Waals surface area contributed by atoms with E-state index < -0.39 is 5.91 Å². The van der Waals surface area contributed by atoms with Gasteiger partial charge in [0.1, 0.15) is 13.2 Å². The first-order valence-electron chi connectivity index (χ1n) is 7.40. The number of benzene rings is 2. The minimum atomic E-state index is -0.508. The lowest BCUT2D eigenvalue weighted by Gasteiger charge is -2.18. The Bertz CT molecular complexity index is 797. The van der Waals surface area contributed by atoms with Crippen molar-refractivity contribution in [2.24, 2.45) is 5.73 Å². The number of carbonyl (C=O) groups is 2. The summed E-state index contributed by atoms with van der Waals surface area (Å²) in [6.45, 7) is 1.06. The molecule has 0 bridgehead atoms. The van der Waals surface area contributed by atoms with E-state index in [0.29, 0.717) is 36.0 Å². The van der Waals surface area contributed by atoms with Crippen molar-refractivity contribution in [3.63, 3.8) is 0 Å². The van der Waals surface area contributed by atoms with E-state index in [1.807, 2.05) is 18.2 Å². The van der Waals surface area contributed by atoms with Gasteiger partial charge in [-0.3, -0.25) is 9.59 Å². The number of nitrogens with one attached hydrogen (secondary N) is 1. The van der Waals surface area contributed by atoms with Crippen LogP contribution in [-0.4, -0.2) is 25.0 Å². The van der Waals surface area contributed by atoms with Gasteiger partial charge in [-0.2, -0.15) is 0 Å². The summed E-state index contributed by atoms with van der Waals surface area (Å²) in [5, 5.41) is 2.71. The van der Waals surface area contributed by atoms with Crippen LogP contribution in [0.15, 0.2) is 48.5 Å². The number of primary amides is 1. The molecule has 1 heterocycles. The van der Waals surface area contributed by atoms with Crippen LogP contribution in [0.25, 0.3) is 6.08 Å². The van der Waals surface area contributed by atoms with Crippen LogP contribution in [0.4, 0.5) is 5.69 Å². The fourth-order valence-electron chi connectivity index (χ4n) is 2.24. The third-order valence-electron chi connectivity index (χ3n) is 3.43. The molecular formula is C18H16N2O4. The highest BCUT2D eigenvalue weighted by atomic mass is 16.6. The van der Waals surface area contributed by atoms with Crippen molar-refractivity contribution < 1.29 is 19.1 Å². The molecule has 24 heavy (non-hydrogen) atoms. The number of carbonyl (C=O) groups excluding carboxylic acids is 2. The SMILES string of the molecule is NC(=O)c1ccc(NC(=O)/C=C/c2ccc3c(c2)OCCO3)cc1. The Morgan fingerprint density at radius 3 is 2.42 bits per heavy atom. The Kier molecular flexibility index (Phi) is 4.47. The molecule has 2 aromatic rings. The minimum Gasteiger partial charge on any atom is -0.486 e. The van der Waals surface area contributed by atoms with E-state index in [0.717, 1.165) is 5.56 Å². The second-order valence-electron chi connectivity index (χ2n) is 5.17.